The lowest BCUT2D eigenvalue weighted by atomic mass is 10.1. The second kappa shape index (κ2) is 10.1. The molecule has 1 aliphatic heterocycles. The second-order valence-corrected chi connectivity index (χ2v) is 8.71. The Kier molecular flexibility index (Phi) is 7.07. The van der Waals surface area contributed by atoms with Crippen LogP contribution in [-0.2, 0) is 4.79 Å². The standard InChI is InChI=1S/C24H27ClN4O3/c25-18-6-3-5-17(15-18)24(32)29-12-4-11-28(13-14-29)16-22(30)27-21-8-2-1-7-20(21)23(31)26-19-9-10-19/h1-3,5-8,15,19H,4,9-14,16H2,(H,26,31)(H,27,30). The first-order chi connectivity index (χ1) is 15.5. The van der Waals surface area contributed by atoms with Crippen LogP contribution in [0.3, 0.4) is 0 Å². The number of anilines is 1. The molecule has 1 saturated carbocycles. The summed E-state index contributed by atoms with van der Waals surface area (Å²) in [7, 11) is 0. The monoisotopic (exact) mass is 454 g/mol. The molecule has 0 radical (unpaired) electrons. The van der Waals surface area contributed by atoms with Crippen LogP contribution in [0.2, 0.25) is 5.02 Å². The zero-order valence-corrected chi connectivity index (χ0v) is 18.6. The first-order valence-corrected chi connectivity index (χ1v) is 11.3. The van der Waals surface area contributed by atoms with E-state index in [1.807, 2.05) is 4.90 Å². The first kappa shape index (κ1) is 22.3. The molecule has 1 heterocycles. The number of benzene rings is 2. The molecule has 0 aromatic heterocycles. The van der Waals surface area contributed by atoms with Gasteiger partial charge in [0.25, 0.3) is 11.8 Å². The molecule has 0 atom stereocenters. The summed E-state index contributed by atoms with van der Waals surface area (Å²) >= 11 is 6.02. The van der Waals surface area contributed by atoms with E-state index in [1.54, 1.807) is 53.4 Å². The quantitative estimate of drug-likeness (QED) is 0.703. The highest BCUT2D eigenvalue weighted by Gasteiger charge is 2.25. The molecule has 2 aliphatic rings. The number of para-hydroxylation sites is 1. The molecule has 7 nitrogen and oxygen atoms in total. The molecule has 3 amide bonds. The molecule has 32 heavy (non-hydrogen) atoms. The SMILES string of the molecule is O=C(CN1CCCN(C(=O)c2cccc(Cl)c2)CC1)Nc1ccccc1C(=O)NC1CC1. The molecular formula is C24H27ClN4O3. The Morgan fingerprint density at radius 1 is 0.969 bits per heavy atom. The van der Waals surface area contributed by atoms with Crippen LogP contribution in [0.25, 0.3) is 0 Å². The summed E-state index contributed by atoms with van der Waals surface area (Å²) in [6.07, 6.45) is 2.79. The minimum atomic E-state index is -0.175. The van der Waals surface area contributed by atoms with E-state index in [9.17, 15) is 14.4 Å². The number of amides is 3. The summed E-state index contributed by atoms with van der Waals surface area (Å²) in [5.41, 5.74) is 1.56. The van der Waals surface area contributed by atoms with Gasteiger partial charge in [0.15, 0.2) is 0 Å². The lowest BCUT2D eigenvalue weighted by Crippen LogP contribution is -2.38. The van der Waals surface area contributed by atoms with Gasteiger partial charge in [0.1, 0.15) is 0 Å². The van der Waals surface area contributed by atoms with Crippen LogP contribution < -0.4 is 10.6 Å². The third-order valence-corrected chi connectivity index (χ3v) is 5.91. The molecular weight excluding hydrogens is 428 g/mol. The van der Waals surface area contributed by atoms with E-state index in [4.69, 9.17) is 11.6 Å². The Morgan fingerprint density at radius 3 is 2.56 bits per heavy atom. The maximum absolute atomic E-state index is 12.8. The van der Waals surface area contributed by atoms with Crippen molar-refractivity contribution >= 4 is 35.0 Å². The van der Waals surface area contributed by atoms with E-state index in [0.717, 1.165) is 25.8 Å². The summed E-state index contributed by atoms with van der Waals surface area (Å²) in [6, 6.07) is 14.3. The van der Waals surface area contributed by atoms with Crippen LogP contribution in [0.4, 0.5) is 5.69 Å². The first-order valence-electron chi connectivity index (χ1n) is 11.0. The number of nitrogens with one attached hydrogen (secondary N) is 2. The van der Waals surface area contributed by atoms with Crippen molar-refractivity contribution in [1.29, 1.82) is 0 Å². The van der Waals surface area contributed by atoms with Gasteiger partial charge >= 0.3 is 0 Å². The van der Waals surface area contributed by atoms with Crippen molar-refractivity contribution in [2.75, 3.05) is 38.0 Å². The Balaban J connectivity index is 1.32. The van der Waals surface area contributed by atoms with Gasteiger partial charge in [-0.2, -0.15) is 0 Å². The van der Waals surface area contributed by atoms with E-state index in [2.05, 4.69) is 10.6 Å². The van der Waals surface area contributed by atoms with Crippen LogP contribution in [-0.4, -0.2) is 66.3 Å². The van der Waals surface area contributed by atoms with Crippen LogP contribution >= 0.6 is 11.6 Å². The maximum atomic E-state index is 12.8. The topological polar surface area (TPSA) is 81.8 Å². The van der Waals surface area contributed by atoms with Crippen molar-refractivity contribution in [1.82, 2.24) is 15.1 Å². The molecule has 0 unspecified atom stereocenters. The normalized spacial score (nSPS) is 16.8. The largest absolute Gasteiger partial charge is 0.349 e. The van der Waals surface area contributed by atoms with Crippen LogP contribution in [0.15, 0.2) is 48.5 Å². The zero-order chi connectivity index (χ0) is 22.5. The van der Waals surface area contributed by atoms with E-state index < -0.39 is 0 Å². The molecule has 2 N–H and O–H groups in total. The molecule has 0 spiro atoms. The molecule has 2 aromatic carbocycles. The number of nitrogens with zero attached hydrogens (tertiary/aromatic N) is 2. The van der Waals surface area contributed by atoms with Gasteiger partial charge in [-0.15, -0.1) is 0 Å². The maximum Gasteiger partial charge on any atom is 0.253 e. The molecule has 1 saturated heterocycles. The molecule has 2 fully saturated rings. The molecule has 0 bridgehead atoms. The van der Waals surface area contributed by atoms with Crippen molar-refractivity contribution in [3.05, 3.63) is 64.7 Å². The lowest BCUT2D eigenvalue weighted by Gasteiger charge is -2.22. The molecule has 4 rings (SSSR count). The highest BCUT2D eigenvalue weighted by Crippen LogP contribution is 2.21. The minimum Gasteiger partial charge on any atom is -0.349 e. The number of carbonyl (C=O) groups excluding carboxylic acids is 3. The number of hydrogen-bond acceptors (Lipinski definition) is 4. The Labute approximate surface area is 192 Å². The average molecular weight is 455 g/mol. The van der Waals surface area contributed by atoms with Gasteiger partial charge in [-0.05, 0) is 49.6 Å². The van der Waals surface area contributed by atoms with Gasteiger partial charge < -0.3 is 15.5 Å². The van der Waals surface area contributed by atoms with E-state index in [-0.39, 0.29) is 30.3 Å². The van der Waals surface area contributed by atoms with E-state index >= 15 is 0 Å². The molecule has 1 aliphatic carbocycles. The lowest BCUT2D eigenvalue weighted by molar-refractivity contribution is -0.117. The van der Waals surface area contributed by atoms with Crippen LogP contribution in [0, 0.1) is 0 Å². The van der Waals surface area contributed by atoms with Crippen molar-refractivity contribution in [2.24, 2.45) is 0 Å². The Hall–Kier alpha value is -2.90. The summed E-state index contributed by atoms with van der Waals surface area (Å²) in [5.74, 6) is -0.381. The van der Waals surface area contributed by atoms with Gasteiger partial charge in [-0.1, -0.05) is 29.8 Å². The Morgan fingerprint density at radius 2 is 1.78 bits per heavy atom. The second-order valence-electron chi connectivity index (χ2n) is 8.27. The van der Waals surface area contributed by atoms with Gasteiger partial charge in [0.05, 0.1) is 17.8 Å². The third-order valence-electron chi connectivity index (χ3n) is 5.67. The minimum absolute atomic E-state index is 0.0468. The highest BCUT2D eigenvalue weighted by atomic mass is 35.5. The van der Waals surface area contributed by atoms with Gasteiger partial charge in [0, 0.05) is 42.8 Å². The average Bonchev–Trinajstić information content (AvgIpc) is 3.61. The smallest absolute Gasteiger partial charge is 0.253 e. The number of halogens is 1. The molecule has 168 valence electrons. The summed E-state index contributed by atoms with van der Waals surface area (Å²) in [5, 5.41) is 6.38. The predicted octanol–water partition coefficient (Wildman–Crippen LogP) is 3.02. The predicted molar refractivity (Wildman–Crippen MR) is 124 cm³/mol. The summed E-state index contributed by atoms with van der Waals surface area (Å²) in [4.78, 5) is 41.8. The van der Waals surface area contributed by atoms with Crippen molar-refractivity contribution in [2.45, 2.75) is 25.3 Å². The fourth-order valence-electron chi connectivity index (χ4n) is 3.81. The van der Waals surface area contributed by atoms with Gasteiger partial charge in [-0.25, -0.2) is 0 Å². The van der Waals surface area contributed by atoms with Gasteiger partial charge in [0.2, 0.25) is 5.91 Å². The number of rotatable bonds is 6. The molecule has 2 aromatic rings. The van der Waals surface area contributed by atoms with Crippen LogP contribution in [0.5, 0.6) is 0 Å². The van der Waals surface area contributed by atoms with Crippen molar-refractivity contribution in [3.63, 3.8) is 0 Å². The zero-order valence-electron chi connectivity index (χ0n) is 17.9. The third kappa shape index (κ3) is 5.87. The van der Waals surface area contributed by atoms with E-state index in [1.165, 1.54) is 0 Å². The number of hydrogen-bond donors (Lipinski definition) is 2. The van der Waals surface area contributed by atoms with Crippen molar-refractivity contribution < 1.29 is 14.4 Å². The number of carbonyl (C=O) groups is 3. The Bertz CT molecular complexity index is 1010. The van der Waals surface area contributed by atoms with Gasteiger partial charge in [-0.3, -0.25) is 19.3 Å². The highest BCUT2D eigenvalue weighted by molar-refractivity contribution is 6.30. The summed E-state index contributed by atoms with van der Waals surface area (Å²) < 4.78 is 0. The van der Waals surface area contributed by atoms with Crippen molar-refractivity contribution in [3.8, 4) is 0 Å². The summed E-state index contributed by atoms with van der Waals surface area (Å²) in [6.45, 7) is 2.70. The fourth-order valence-corrected chi connectivity index (χ4v) is 4.00. The van der Waals surface area contributed by atoms with E-state index in [0.29, 0.717) is 41.5 Å². The van der Waals surface area contributed by atoms with Crippen LogP contribution in [0.1, 0.15) is 40.0 Å². The fraction of sp³-hybridized carbons (Fsp3) is 0.375. The molecule has 8 heteroatoms.